The van der Waals surface area contributed by atoms with Gasteiger partial charge in [0.15, 0.2) is 0 Å². The molecule has 2 aromatic rings. The Kier molecular flexibility index (Phi) is 4.03. The molecule has 1 aliphatic rings. The molecule has 0 spiro atoms. The summed E-state index contributed by atoms with van der Waals surface area (Å²) in [4.78, 5) is 13.6. The summed E-state index contributed by atoms with van der Waals surface area (Å²) >= 11 is 3.91. The molecule has 0 radical (unpaired) electrons. The van der Waals surface area contributed by atoms with E-state index in [9.17, 15) is 4.79 Å². The van der Waals surface area contributed by atoms with Gasteiger partial charge in [-0.25, -0.2) is 0 Å². The number of carbonyl (C=O) groups is 1. The highest BCUT2D eigenvalue weighted by atomic mass is 127. The van der Waals surface area contributed by atoms with E-state index in [1.807, 2.05) is 24.3 Å². The predicted molar refractivity (Wildman–Crippen MR) is 92.3 cm³/mol. The van der Waals surface area contributed by atoms with Gasteiger partial charge in [-0.15, -0.1) is 11.8 Å². The summed E-state index contributed by atoms with van der Waals surface area (Å²) < 4.78 is 1.06. The first-order valence-corrected chi connectivity index (χ1v) is 8.41. The van der Waals surface area contributed by atoms with Crippen LogP contribution in [0.15, 0.2) is 47.4 Å². The van der Waals surface area contributed by atoms with Crippen LogP contribution in [0.25, 0.3) is 0 Å². The van der Waals surface area contributed by atoms with E-state index in [2.05, 4.69) is 53.0 Å². The summed E-state index contributed by atoms with van der Waals surface area (Å²) in [6.45, 7) is 2.08. The first kappa shape index (κ1) is 13.9. The lowest BCUT2D eigenvalue weighted by molar-refractivity contribution is -0.115. The summed E-state index contributed by atoms with van der Waals surface area (Å²) in [5, 5.41) is 3.01. The van der Waals surface area contributed by atoms with E-state index in [0.717, 1.165) is 15.7 Å². The van der Waals surface area contributed by atoms with Crippen LogP contribution in [0.2, 0.25) is 0 Å². The molecule has 1 aliphatic heterocycles. The van der Waals surface area contributed by atoms with E-state index in [0.29, 0.717) is 0 Å². The minimum Gasteiger partial charge on any atom is -0.324 e. The van der Waals surface area contributed by atoms with Crippen molar-refractivity contribution in [2.24, 2.45) is 0 Å². The fourth-order valence-corrected chi connectivity index (χ4v) is 4.07. The standard InChI is InChI=1S/C16H14INOS/c1-10-6-7-11-9-15(20-14(11)8-10)16(19)18-13-5-3-2-4-12(13)17/h2-8,15H,9H2,1H3,(H,18,19)/t15-/m0/s1. The second-order valence-electron chi connectivity index (χ2n) is 4.89. The van der Waals surface area contributed by atoms with Crippen LogP contribution in [0.4, 0.5) is 5.69 Å². The van der Waals surface area contributed by atoms with Crippen LogP contribution in [0.1, 0.15) is 11.1 Å². The van der Waals surface area contributed by atoms with E-state index in [-0.39, 0.29) is 11.2 Å². The number of anilines is 1. The molecule has 4 heteroatoms. The van der Waals surface area contributed by atoms with Gasteiger partial charge in [-0.1, -0.05) is 29.8 Å². The van der Waals surface area contributed by atoms with Gasteiger partial charge < -0.3 is 5.32 Å². The number of thioether (sulfide) groups is 1. The van der Waals surface area contributed by atoms with Gasteiger partial charge in [0, 0.05) is 8.47 Å². The topological polar surface area (TPSA) is 29.1 Å². The smallest absolute Gasteiger partial charge is 0.238 e. The number of rotatable bonds is 2. The molecule has 102 valence electrons. The zero-order valence-electron chi connectivity index (χ0n) is 11.0. The van der Waals surface area contributed by atoms with Gasteiger partial charge in [-0.3, -0.25) is 4.79 Å². The lowest BCUT2D eigenvalue weighted by atomic mass is 10.1. The third kappa shape index (κ3) is 2.86. The molecule has 2 aromatic carbocycles. The van der Waals surface area contributed by atoms with Crippen molar-refractivity contribution in [2.75, 3.05) is 5.32 Å². The number of carbonyl (C=O) groups excluding carboxylic acids is 1. The number of para-hydroxylation sites is 1. The van der Waals surface area contributed by atoms with E-state index < -0.39 is 0 Å². The van der Waals surface area contributed by atoms with Gasteiger partial charge in [0.05, 0.1) is 10.9 Å². The van der Waals surface area contributed by atoms with E-state index >= 15 is 0 Å². The lowest BCUT2D eigenvalue weighted by Gasteiger charge is -2.11. The average molecular weight is 395 g/mol. The molecule has 2 nitrogen and oxygen atoms in total. The fourth-order valence-electron chi connectivity index (χ4n) is 2.26. The molecule has 0 saturated carbocycles. The van der Waals surface area contributed by atoms with Crippen LogP contribution in [0.5, 0.6) is 0 Å². The van der Waals surface area contributed by atoms with Crippen molar-refractivity contribution in [2.45, 2.75) is 23.5 Å². The Balaban J connectivity index is 1.73. The van der Waals surface area contributed by atoms with E-state index in [4.69, 9.17) is 0 Å². The molecule has 3 rings (SSSR count). The molecule has 0 bridgehead atoms. The maximum atomic E-state index is 12.4. The van der Waals surface area contributed by atoms with Crippen LogP contribution in [-0.4, -0.2) is 11.2 Å². The quantitative estimate of drug-likeness (QED) is 0.771. The molecule has 1 amide bonds. The van der Waals surface area contributed by atoms with Crippen molar-refractivity contribution < 1.29 is 4.79 Å². The molecule has 0 aliphatic carbocycles. The van der Waals surface area contributed by atoms with Gasteiger partial charge in [-0.05, 0) is 59.7 Å². The normalized spacial score (nSPS) is 16.8. The minimum absolute atomic E-state index is 0.0252. The molecule has 0 aromatic heterocycles. The molecule has 0 unspecified atom stereocenters. The Morgan fingerprint density at radius 2 is 2.10 bits per heavy atom. The Bertz CT molecular complexity index is 671. The highest BCUT2D eigenvalue weighted by Gasteiger charge is 2.28. The van der Waals surface area contributed by atoms with Crippen molar-refractivity contribution in [1.29, 1.82) is 0 Å². The second kappa shape index (κ2) is 5.77. The SMILES string of the molecule is Cc1ccc2c(c1)S[C@H](C(=O)Nc1ccccc1I)C2. The van der Waals surface area contributed by atoms with Crippen molar-refractivity contribution >= 4 is 45.9 Å². The summed E-state index contributed by atoms with van der Waals surface area (Å²) in [6.07, 6.45) is 0.815. The number of halogens is 1. The Hall–Kier alpha value is -1.01. The number of fused-ring (bicyclic) bond motifs is 1. The highest BCUT2D eigenvalue weighted by Crippen LogP contribution is 2.38. The van der Waals surface area contributed by atoms with Crippen LogP contribution in [0, 0.1) is 10.5 Å². The van der Waals surface area contributed by atoms with Gasteiger partial charge in [0.25, 0.3) is 0 Å². The predicted octanol–water partition coefficient (Wildman–Crippen LogP) is 4.26. The largest absolute Gasteiger partial charge is 0.324 e. The first-order chi connectivity index (χ1) is 9.63. The van der Waals surface area contributed by atoms with E-state index in [1.165, 1.54) is 16.0 Å². The van der Waals surface area contributed by atoms with Crippen LogP contribution in [0.3, 0.4) is 0 Å². The number of nitrogens with one attached hydrogen (secondary N) is 1. The molecule has 1 atom stereocenters. The molecular weight excluding hydrogens is 381 g/mol. The van der Waals surface area contributed by atoms with Gasteiger partial charge in [-0.2, -0.15) is 0 Å². The summed E-state index contributed by atoms with van der Waals surface area (Å²) in [5.41, 5.74) is 3.42. The maximum absolute atomic E-state index is 12.4. The monoisotopic (exact) mass is 395 g/mol. The molecule has 0 fully saturated rings. The van der Waals surface area contributed by atoms with Crippen molar-refractivity contribution in [3.05, 3.63) is 57.2 Å². The molecular formula is C16H14INOS. The zero-order chi connectivity index (χ0) is 14.1. The highest BCUT2D eigenvalue weighted by molar-refractivity contribution is 14.1. The van der Waals surface area contributed by atoms with Crippen molar-refractivity contribution in [1.82, 2.24) is 0 Å². The number of amides is 1. The molecule has 1 heterocycles. The first-order valence-electron chi connectivity index (χ1n) is 6.45. The van der Waals surface area contributed by atoms with Crippen molar-refractivity contribution in [3.8, 4) is 0 Å². The average Bonchev–Trinajstić information content (AvgIpc) is 2.84. The number of aryl methyl sites for hydroxylation is 1. The second-order valence-corrected chi connectivity index (χ2v) is 7.30. The van der Waals surface area contributed by atoms with E-state index in [1.54, 1.807) is 11.8 Å². The summed E-state index contributed by atoms with van der Waals surface area (Å²) in [5.74, 6) is 0.0907. The van der Waals surface area contributed by atoms with Gasteiger partial charge >= 0.3 is 0 Å². The molecule has 1 N–H and O–H groups in total. The molecule has 20 heavy (non-hydrogen) atoms. The third-order valence-electron chi connectivity index (χ3n) is 3.32. The van der Waals surface area contributed by atoms with Crippen LogP contribution in [-0.2, 0) is 11.2 Å². The number of hydrogen-bond acceptors (Lipinski definition) is 2. The Morgan fingerprint density at radius 3 is 2.90 bits per heavy atom. The number of benzene rings is 2. The van der Waals surface area contributed by atoms with Crippen LogP contribution < -0.4 is 5.32 Å². The maximum Gasteiger partial charge on any atom is 0.238 e. The van der Waals surface area contributed by atoms with Gasteiger partial charge in [0.2, 0.25) is 5.91 Å². The Morgan fingerprint density at radius 1 is 1.30 bits per heavy atom. The Labute approximate surface area is 136 Å². The van der Waals surface area contributed by atoms with Crippen molar-refractivity contribution in [3.63, 3.8) is 0 Å². The fraction of sp³-hybridized carbons (Fsp3) is 0.188. The summed E-state index contributed by atoms with van der Waals surface area (Å²) in [7, 11) is 0. The molecule has 0 saturated heterocycles. The number of hydrogen-bond donors (Lipinski definition) is 1. The lowest BCUT2D eigenvalue weighted by Crippen LogP contribution is -2.25. The third-order valence-corrected chi connectivity index (χ3v) is 5.56. The van der Waals surface area contributed by atoms with Gasteiger partial charge in [0.1, 0.15) is 0 Å². The summed E-state index contributed by atoms with van der Waals surface area (Å²) in [6, 6.07) is 14.3. The minimum atomic E-state index is -0.0252. The zero-order valence-corrected chi connectivity index (χ0v) is 14.0. The van der Waals surface area contributed by atoms with Crippen LogP contribution >= 0.6 is 34.4 Å².